The molecular weight excluding hydrogens is 294 g/mol. The molecular formula is C14H17NO7. The zero-order chi connectivity index (χ0) is 16.9. The van der Waals surface area contributed by atoms with E-state index in [0.29, 0.717) is 0 Å². The van der Waals surface area contributed by atoms with Gasteiger partial charge in [-0.25, -0.2) is 9.59 Å². The number of Topliss-reactive ketones (excluding diaryl/α,β-unsaturated/α-hetero) is 1. The van der Waals surface area contributed by atoms with Crippen molar-refractivity contribution in [3.8, 4) is 11.5 Å². The highest BCUT2D eigenvalue weighted by Gasteiger charge is 2.30. The fourth-order valence-corrected chi connectivity index (χ4v) is 1.45. The number of benzene rings is 1. The fourth-order valence-electron chi connectivity index (χ4n) is 1.45. The van der Waals surface area contributed by atoms with Gasteiger partial charge in [0.1, 0.15) is 0 Å². The molecule has 1 aromatic carbocycles. The molecule has 0 saturated heterocycles. The van der Waals surface area contributed by atoms with E-state index in [-0.39, 0.29) is 29.4 Å². The number of carbonyl (C=O) groups is 3. The quantitative estimate of drug-likeness (QED) is 0.591. The lowest BCUT2D eigenvalue weighted by atomic mass is 10.1. The minimum atomic E-state index is -1.55. The zero-order valence-corrected chi connectivity index (χ0v) is 12.2. The Bertz CT molecular complexity index is 595. The highest BCUT2D eigenvalue weighted by Crippen LogP contribution is 2.31. The lowest BCUT2D eigenvalue weighted by Gasteiger charge is -2.23. The van der Waals surface area contributed by atoms with Crippen LogP contribution in [0, 0.1) is 0 Å². The summed E-state index contributed by atoms with van der Waals surface area (Å²) >= 11 is 0. The van der Waals surface area contributed by atoms with Crippen LogP contribution in [0.1, 0.15) is 24.2 Å². The van der Waals surface area contributed by atoms with Gasteiger partial charge >= 0.3 is 11.9 Å². The van der Waals surface area contributed by atoms with Crippen LogP contribution >= 0.6 is 0 Å². The van der Waals surface area contributed by atoms with Crippen molar-refractivity contribution in [2.45, 2.75) is 19.4 Å². The molecule has 0 heterocycles. The number of ether oxygens (including phenoxy) is 2. The molecule has 1 aromatic rings. The normalized spacial score (nSPS) is 10.9. The molecule has 1 rings (SSSR count). The third-order valence-corrected chi connectivity index (χ3v) is 2.68. The third kappa shape index (κ3) is 4.45. The van der Waals surface area contributed by atoms with E-state index in [1.165, 1.54) is 32.0 Å². The molecule has 0 aromatic heterocycles. The number of carboxylic acid groups (broad SMARTS) is 2. The molecule has 0 aliphatic carbocycles. The summed E-state index contributed by atoms with van der Waals surface area (Å²) < 4.78 is 10.4. The van der Waals surface area contributed by atoms with Crippen LogP contribution < -0.4 is 15.2 Å². The van der Waals surface area contributed by atoms with E-state index >= 15 is 0 Å². The van der Waals surface area contributed by atoms with Crippen molar-refractivity contribution >= 4 is 17.7 Å². The third-order valence-electron chi connectivity index (χ3n) is 2.68. The van der Waals surface area contributed by atoms with Crippen LogP contribution in [0.3, 0.4) is 0 Å². The second-order valence-corrected chi connectivity index (χ2v) is 4.89. The van der Waals surface area contributed by atoms with Gasteiger partial charge in [0, 0.05) is 5.56 Å². The van der Waals surface area contributed by atoms with Crippen molar-refractivity contribution in [2.75, 3.05) is 13.2 Å². The fraction of sp³-hybridized carbons (Fsp3) is 0.357. The van der Waals surface area contributed by atoms with E-state index in [1.807, 2.05) is 0 Å². The van der Waals surface area contributed by atoms with E-state index in [2.05, 4.69) is 0 Å². The van der Waals surface area contributed by atoms with Crippen molar-refractivity contribution in [2.24, 2.45) is 5.73 Å². The zero-order valence-electron chi connectivity index (χ0n) is 12.2. The topological polar surface area (TPSA) is 136 Å². The number of ketones is 1. The molecule has 0 fully saturated rings. The SMILES string of the molecule is CC(C)(Oc1ccc(C(=O)CN)cc1OCC(=O)O)C(=O)O. The molecule has 120 valence electrons. The summed E-state index contributed by atoms with van der Waals surface area (Å²) in [5.41, 5.74) is 3.92. The van der Waals surface area contributed by atoms with Gasteiger partial charge in [0.2, 0.25) is 0 Å². The Labute approximate surface area is 126 Å². The first-order valence-electron chi connectivity index (χ1n) is 6.31. The number of rotatable bonds is 8. The Morgan fingerprint density at radius 2 is 1.82 bits per heavy atom. The van der Waals surface area contributed by atoms with Gasteiger partial charge < -0.3 is 25.4 Å². The van der Waals surface area contributed by atoms with Crippen LogP contribution in [-0.4, -0.2) is 46.7 Å². The average Bonchev–Trinajstić information content (AvgIpc) is 2.44. The predicted molar refractivity (Wildman–Crippen MR) is 75.3 cm³/mol. The monoisotopic (exact) mass is 311 g/mol. The van der Waals surface area contributed by atoms with Gasteiger partial charge in [0.05, 0.1) is 6.54 Å². The van der Waals surface area contributed by atoms with Gasteiger partial charge in [-0.15, -0.1) is 0 Å². The van der Waals surface area contributed by atoms with E-state index < -0.39 is 24.1 Å². The average molecular weight is 311 g/mol. The minimum Gasteiger partial charge on any atom is -0.479 e. The van der Waals surface area contributed by atoms with Crippen molar-refractivity contribution in [3.63, 3.8) is 0 Å². The Balaban J connectivity index is 3.16. The predicted octanol–water partition coefficient (Wildman–Crippen LogP) is 0.533. The molecule has 0 aliphatic rings. The number of hydrogen-bond acceptors (Lipinski definition) is 6. The molecule has 8 heteroatoms. The first kappa shape index (κ1) is 17.4. The maximum absolute atomic E-state index is 11.6. The molecule has 0 atom stereocenters. The Hall–Kier alpha value is -2.61. The first-order chi connectivity index (χ1) is 10.2. The van der Waals surface area contributed by atoms with Crippen LogP contribution in [0.25, 0.3) is 0 Å². The number of carbonyl (C=O) groups excluding carboxylic acids is 1. The highest BCUT2D eigenvalue weighted by atomic mass is 16.6. The molecule has 0 amide bonds. The van der Waals surface area contributed by atoms with Gasteiger partial charge in [-0.2, -0.15) is 0 Å². The van der Waals surface area contributed by atoms with Crippen molar-refractivity contribution in [1.29, 1.82) is 0 Å². The van der Waals surface area contributed by atoms with Gasteiger partial charge in [0.25, 0.3) is 0 Å². The van der Waals surface area contributed by atoms with E-state index in [4.69, 9.17) is 25.4 Å². The van der Waals surface area contributed by atoms with Gasteiger partial charge in [-0.05, 0) is 32.0 Å². The van der Waals surface area contributed by atoms with Gasteiger partial charge in [-0.1, -0.05) is 0 Å². The maximum atomic E-state index is 11.6. The Kier molecular flexibility index (Phi) is 5.47. The molecule has 0 bridgehead atoms. The number of aliphatic carboxylic acids is 2. The van der Waals surface area contributed by atoms with Crippen LogP contribution in [0.15, 0.2) is 18.2 Å². The molecule has 0 unspecified atom stereocenters. The summed E-state index contributed by atoms with van der Waals surface area (Å²) in [5, 5.41) is 17.7. The highest BCUT2D eigenvalue weighted by molar-refractivity contribution is 5.98. The minimum absolute atomic E-state index is 0.0159. The van der Waals surface area contributed by atoms with E-state index in [0.717, 1.165) is 0 Å². The maximum Gasteiger partial charge on any atom is 0.347 e. The molecule has 22 heavy (non-hydrogen) atoms. The van der Waals surface area contributed by atoms with Crippen LogP contribution in [0.2, 0.25) is 0 Å². The van der Waals surface area contributed by atoms with Crippen LogP contribution in [-0.2, 0) is 9.59 Å². The standard InChI is InChI=1S/C14H17NO7/c1-14(2,13(19)20)22-10-4-3-8(9(16)6-15)5-11(10)21-7-12(17)18/h3-5H,6-7,15H2,1-2H3,(H,17,18)(H,19,20). The van der Waals surface area contributed by atoms with Gasteiger partial charge in [-0.3, -0.25) is 4.79 Å². The summed E-state index contributed by atoms with van der Waals surface area (Å²) in [7, 11) is 0. The Morgan fingerprint density at radius 3 is 2.32 bits per heavy atom. The summed E-state index contributed by atoms with van der Waals surface area (Å²) in [6.07, 6.45) is 0. The summed E-state index contributed by atoms with van der Waals surface area (Å²) in [6, 6.07) is 4.01. The van der Waals surface area contributed by atoms with Crippen LogP contribution in [0.5, 0.6) is 11.5 Å². The molecule has 4 N–H and O–H groups in total. The second-order valence-electron chi connectivity index (χ2n) is 4.89. The molecule has 0 spiro atoms. The van der Waals surface area contributed by atoms with E-state index in [1.54, 1.807) is 0 Å². The summed E-state index contributed by atoms with van der Waals surface area (Å²) in [5.74, 6) is -2.83. The lowest BCUT2D eigenvalue weighted by molar-refractivity contribution is -0.152. The molecule has 0 aliphatic heterocycles. The van der Waals surface area contributed by atoms with Crippen molar-refractivity contribution in [3.05, 3.63) is 23.8 Å². The smallest absolute Gasteiger partial charge is 0.347 e. The molecule has 0 radical (unpaired) electrons. The molecule has 0 saturated carbocycles. The van der Waals surface area contributed by atoms with E-state index in [9.17, 15) is 14.4 Å². The van der Waals surface area contributed by atoms with Crippen molar-refractivity contribution in [1.82, 2.24) is 0 Å². The summed E-state index contributed by atoms with van der Waals surface area (Å²) in [4.78, 5) is 33.3. The number of hydrogen-bond donors (Lipinski definition) is 3. The Morgan fingerprint density at radius 1 is 1.18 bits per heavy atom. The number of carboxylic acids is 2. The first-order valence-corrected chi connectivity index (χ1v) is 6.31. The van der Waals surface area contributed by atoms with Gasteiger partial charge in [0.15, 0.2) is 29.5 Å². The van der Waals surface area contributed by atoms with Crippen molar-refractivity contribution < 1.29 is 34.1 Å². The van der Waals surface area contributed by atoms with Crippen LogP contribution in [0.4, 0.5) is 0 Å². The molecule has 8 nitrogen and oxygen atoms in total. The second kappa shape index (κ2) is 6.90. The lowest BCUT2D eigenvalue weighted by Crippen LogP contribution is -2.38. The largest absolute Gasteiger partial charge is 0.479 e. The number of nitrogens with two attached hydrogens (primary N) is 1. The summed E-state index contributed by atoms with van der Waals surface area (Å²) in [6.45, 7) is 1.77.